The molecule has 0 saturated carbocycles. The van der Waals surface area contributed by atoms with E-state index in [-0.39, 0.29) is 29.6 Å². The first-order chi connectivity index (χ1) is 3.42. The molecule has 0 atom stereocenters. The second-order valence-corrected chi connectivity index (χ2v) is 1.04. The van der Waals surface area contributed by atoms with Crippen molar-refractivity contribution in [2.45, 2.75) is 13.3 Å². The Balaban J connectivity index is 0. The molecule has 0 aromatic rings. The van der Waals surface area contributed by atoms with Crippen LogP contribution >= 0.6 is 0 Å². The SMILES string of the molecule is CC(=O)OC(F)(F)F.[NaH]. The van der Waals surface area contributed by atoms with E-state index >= 15 is 0 Å². The predicted molar refractivity (Wildman–Crippen MR) is 25.0 cm³/mol. The van der Waals surface area contributed by atoms with Crippen molar-refractivity contribution in [1.82, 2.24) is 0 Å². The molecule has 0 aliphatic carbocycles. The fourth-order valence-electron chi connectivity index (χ4n) is 0.163. The number of hydrogen-bond donors (Lipinski definition) is 0. The fourth-order valence-corrected chi connectivity index (χ4v) is 0.163. The Morgan fingerprint density at radius 3 is 1.78 bits per heavy atom. The van der Waals surface area contributed by atoms with E-state index in [2.05, 4.69) is 4.74 Å². The van der Waals surface area contributed by atoms with E-state index in [1.807, 2.05) is 0 Å². The Morgan fingerprint density at radius 2 is 1.78 bits per heavy atom. The van der Waals surface area contributed by atoms with Crippen molar-refractivity contribution in [2.24, 2.45) is 0 Å². The summed E-state index contributed by atoms with van der Waals surface area (Å²) in [7, 11) is 0. The molecule has 9 heavy (non-hydrogen) atoms. The van der Waals surface area contributed by atoms with Crippen LogP contribution in [0.3, 0.4) is 0 Å². The van der Waals surface area contributed by atoms with Crippen LogP contribution in [0.1, 0.15) is 6.92 Å². The summed E-state index contributed by atoms with van der Waals surface area (Å²) >= 11 is 0. The van der Waals surface area contributed by atoms with Crippen LogP contribution in [0.4, 0.5) is 13.2 Å². The van der Waals surface area contributed by atoms with Crippen molar-refractivity contribution < 1.29 is 22.7 Å². The van der Waals surface area contributed by atoms with Crippen LogP contribution in [0.2, 0.25) is 0 Å². The molecule has 0 aliphatic heterocycles. The number of esters is 1. The molecular formula is C3H4F3NaO2. The number of halogens is 3. The van der Waals surface area contributed by atoms with Crippen LogP contribution < -0.4 is 0 Å². The van der Waals surface area contributed by atoms with E-state index in [1.54, 1.807) is 0 Å². The minimum absolute atomic E-state index is 0. The average molecular weight is 152 g/mol. The zero-order valence-corrected chi connectivity index (χ0v) is 3.95. The monoisotopic (exact) mass is 152 g/mol. The third-order valence-electron chi connectivity index (χ3n) is 0.259. The molecule has 0 radical (unpaired) electrons. The van der Waals surface area contributed by atoms with E-state index < -0.39 is 12.3 Å². The van der Waals surface area contributed by atoms with E-state index in [1.165, 1.54) is 0 Å². The molecule has 0 aliphatic rings. The van der Waals surface area contributed by atoms with Gasteiger partial charge in [-0.2, -0.15) is 0 Å². The summed E-state index contributed by atoms with van der Waals surface area (Å²) in [6.07, 6.45) is -4.83. The molecule has 0 N–H and O–H groups in total. The van der Waals surface area contributed by atoms with E-state index in [0.717, 1.165) is 0 Å². The van der Waals surface area contributed by atoms with Crippen molar-refractivity contribution >= 4 is 35.5 Å². The van der Waals surface area contributed by atoms with Crippen molar-refractivity contribution in [2.75, 3.05) is 0 Å². The van der Waals surface area contributed by atoms with E-state index in [4.69, 9.17) is 0 Å². The summed E-state index contributed by atoms with van der Waals surface area (Å²) in [4.78, 5) is 9.52. The average Bonchev–Trinajstić information content (AvgIpc) is 1.21. The number of carbonyl (C=O) groups excluding carboxylic acids is 1. The fraction of sp³-hybridized carbons (Fsp3) is 0.667. The Hall–Kier alpha value is 0.260. The second kappa shape index (κ2) is 4.14. The maximum absolute atomic E-state index is 10.9. The molecule has 0 aromatic carbocycles. The van der Waals surface area contributed by atoms with Crippen LogP contribution in [-0.2, 0) is 9.53 Å². The predicted octanol–water partition coefficient (Wildman–Crippen LogP) is 0.421. The van der Waals surface area contributed by atoms with Gasteiger partial charge in [0.15, 0.2) is 0 Å². The van der Waals surface area contributed by atoms with Crippen LogP contribution in [0.5, 0.6) is 0 Å². The van der Waals surface area contributed by atoms with Gasteiger partial charge in [-0.1, -0.05) is 0 Å². The van der Waals surface area contributed by atoms with E-state index in [0.29, 0.717) is 6.92 Å². The van der Waals surface area contributed by atoms with Gasteiger partial charge in [0.05, 0.1) is 0 Å². The Bertz CT molecular complexity index is 99.7. The molecule has 0 aromatic heterocycles. The van der Waals surface area contributed by atoms with Crippen molar-refractivity contribution in [3.8, 4) is 0 Å². The molecule has 0 heterocycles. The molecule has 0 spiro atoms. The van der Waals surface area contributed by atoms with Crippen LogP contribution in [0.25, 0.3) is 0 Å². The van der Waals surface area contributed by atoms with Gasteiger partial charge < -0.3 is 4.74 Å². The molecule has 0 bridgehead atoms. The maximum atomic E-state index is 10.9. The Labute approximate surface area is 71.7 Å². The summed E-state index contributed by atoms with van der Waals surface area (Å²) in [5.74, 6) is -1.35. The first-order valence-electron chi connectivity index (χ1n) is 1.68. The Kier molecular flexibility index (Phi) is 5.51. The van der Waals surface area contributed by atoms with Crippen molar-refractivity contribution in [1.29, 1.82) is 0 Å². The third kappa shape index (κ3) is 11.7. The molecule has 50 valence electrons. The summed E-state index contributed by atoms with van der Waals surface area (Å²) < 4.78 is 35.4. The standard InChI is InChI=1S/C3H3F3O2.Na.H/c1-2(7)8-3(4,5)6;;/h1H3;;. The zero-order chi connectivity index (χ0) is 6.78. The molecule has 2 nitrogen and oxygen atoms in total. The van der Waals surface area contributed by atoms with Crippen molar-refractivity contribution in [3.63, 3.8) is 0 Å². The van der Waals surface area contributed by atoms with Gasteiger partial charge in [0.2, 0.25) is 0 Å². The minimum atomic E-state index is -4.83. The molecule has 0 rings (SSSR count). The van der Waals surface area contributed by atoms with Gasteiger partial charge in [-0.15, -0.1) is 13.2 Å². The molecular weight excluding hydrogens is 148 g/mol. The number of hydrogen-bond acceptors (Lipinski definition) is 2. The number of rotatable bonds is 0. The zero-order valence-electron chi connectivity index (χ0n) is 3.95. The number of ether oxygens (including phenoxy) is 1. The normalized spacial score (nSPS) is 9.78. The number of carbonyl (C=O) groups is 1. The van der Waals surface area contributed by atoms with Crippen LogP contribution in [0, 0.1) is 0 Å². The van der Waals surface area contributed by atoms with Gasteiger partial charge in [-0.25, -0.2) is 0 Å². The third-order valence-corrected chi connectivity index (χ3v) is 0.259. The Morgan fingerprint density at radius 1 is 1.44 bits per heavy atom. The first-order valence-corrected chi connectivity index (χ1v) is 1.68. The second-order valence-electron chi connectivity index (χ2n) is 1.04. The molecule has 0 fully saturated rings. The summed E-state index contributed by atoms with van der Waals surface area (Å²) in [5, 5.41) is 0. The van der Waals surface area contributed by atoms with Gasteiger partial charge in [-0.3, -0.25) is 4.79 Å². The molecule has 6 heteroatoms. The van der Waals surface area contributed by atoms with Crippen LogP contribution in [-0.4, -0.2) is 41.9 Å². The van der Waals surface area contributed by atoms with Crippen molar-refractivity contribution in [3.05, 3.63) is 0 Å². The van der Waals surface area contributed by atoms with Gasteiger partial charge in [-0.05, 0) is 0 Å². The molecule has 0 saturated heterocycles. The molecule has 0 amide bonds. The van der Waals surface area contributed by atoms with Gasteiger partial charge in [0, 0.05) is 6.92 Å². The summed E-state index contributed by atoms with van der Waals surface area (Å²) in [5.41, 5.74) is 0. The van der Waals surface area contributed by atoms with E-state index in [9.17, 15) is 18.0 Å². The van der Waals surface area contributed by atoms with Gasteiger partial charge in [0.25, 0.3) is 0 Å². The van der Waals surface area contributed by atoms with Crippen LogP contribution in [0.15, 0.2) is 0 Å². The molecule has 0 unspecified atom stereocenters. The number of alkyl halides is 3. The first kappa shape index (κ1) is 12.0. The summed E-state index contributed by atoms with van der Waals surface area (Å²) in [6.45, 7) is 0.688. The van der Waals surface area contributed by atoms with Gasteiger partial charge >= 0.3 is 41.9 Å². The summed E-state index contributed by atoms with van der Waals surface area (Å²) in [6, 6.07) is 0. The topological polar surface area (TPSA) is 26.3 Å². The quantitative estimate of drug-likeness (QED) is 0.371. The van der Waals surface area contributed by atoms with Gasteiger partial charge in [0.1, 0.15) is 0 Å².